The van der Waals surface area contributed by atoms with Gasteiger partial charge in [-0.1, -0.05) is 5.10 Å². The molecule has 0 radical (unpaired) electrons. The minimum atomic E-state index is 0.216. The fourth-order valence-electron chi connectivity index (χ4n) is 1.61. The van der Waals surface area contributed by atoms with Gasteiger partial charge in [-0.05, 0) is 12.1 Å². The van der Waals surface area contributed by atoms with Crippen molar-refractivity contribution in [3.63, 3.8) is 0 Å². The van der Waals surface area contributed by atoms with Gasteiger partial charge in [-0.3, -0.25) is 5.32 Å². The van der Waals surface area contributed by atoms with Crippen molar-refractivity contribution in [3.8, 4) is 5.75 Å². The molecule has 2 heterocycles. The molecule has 0 saturated carbocycles. The van der Waals surface area contributed by atoms with Gasteiger partial charge in [-0.25, -0.2) is 0 Å². The Balaban J connectivity index is 1.76. The van der Waals surface area contributed by atoms with Crippen LogP contribution in [-0.2, 0) is 4.74 Å². The number of hydrogen-bond donors (Lipinski definition) is 1. The second-order valence-corrected chi connectivity index (χ2v) is 3.86. The molecule has 3 rings (SSSR count). The molecule has 0 amide bonds. The van der Waals surface area contributed by atoms with E-state index in [2.05, 4.69) is 20.5 Å². The number of nitrogens with one attached hydrogen (secondary N) is 1. The topological polar surface area (TPSA) is 95.4 Å². The number of hydrogen-bond acceptors (Lipinski definition) is 8. The quantitative estimate of drug-likeness (QED) is 0.683. The van der Waals surface area contributed by atoms with Gasteiger partial charge in [0.2, 0.25) is 6.39 Å². The SMILES string of the molecule is COCCOc1ccc2nc(Nc3nnco3)oc2c1. The Morgan fingerprint density at radius 2 is 2.20 bits per heavy atom. The highest BCUT2D eigenvalue weighted by Gasteiger charge is 2.09. The average molecular weight is 276 g/mol. The van der Waals surface area contributed by atoms with Crippen LogP contribution in [0.1, 0.15) is 0 Å². The summed E-state index contributed by atoms with van der Waals surface area (Å²) in [6.45, 7) is 1.00. The number of nitrogens with zero attached hydrogens (tertiary/aromatic N) is 3. The maximum Gasteiger partial charge on any atom is 0.323 e. The number of benzene rings is 1. The lowest BCUT2D eigenvalue weighted by Crippen LogP contribution is -2.03. The standard InChI is InChI=1S/C12H12N4O4/c1-17-4-5-18-8-2-3-9-10(6-8)20-11(14-9)15-12-16-13-7-19-12/h2-3,6-7H,4-5H2,1H3,(H,14,15,16). The summed E-state index contributed by atoms with van der Waals surface area (Å²) in [7, 11) is 1.62. The van der Waals surface area contributed by atoms with E-state index in [1.54, 1.807) is 19.2 Å². The molecule has 104 valence electrons. The van der Waals surface area contributed by atoms with Gasteiger partial charge < -0.3 is 18.3 Å². The van der Waals surface area contributed by atoms with Crippen LogP contribution >= 0.6 is 0 Å². The first kappa shape index (κ1) is 12.4. The van der Waals surface area contributed by atoms with Gasteiger partial charge in [0.15, 0.2) is 5.58 Å². The predicted molar refractivity (Wildman–Crippen MR) is 69.0 cm³/mol. The van der Waals surface area contributed by atoms with E-state index >= 15 is 0 Å². The van der Waals surface area contributed by atoms with Gasteiger partial charge in [0.05, 0.1) is 6.61 Å². The minimum Gasteiger partial charge on any atom is -0.491 e. The van der Waals surface area contributed by atoms with Crippen LogP contribution in [0.5, 0.6) is 5.75 Å². The highest BCUT2D eigenvalue weighted by atomic mass is 16.5. The van der Waals surface area contributed by atoms with Crippen LogP contribution in [0.4, 0.5) is 12.0 Å². The number of methoxy groups -OCH3 is 1. The number of ether oxygens (including phenoxy) is 2. The summed E-state index contributed by atoms with van der Waals surface area (Å²) in [6.07, 6.45) is 1.22. The Kier molecular flexibility index (Phi) is 3.46. The van der Waals surface area contributed by atoms with Gasteiger partial charge in [-0.15, -0.1) is 5.10 Å². The van der Waals surface area contributed by atoms with E-state index in [1.807, 2.05) is 6.07 Å². The number of aromatic nitrogens is 3. The molecule has 0 atom stereocenters. The summed E-state index contributed by atoms with van der Waals surface area (Å²) < 4.78 is 20.9. The molecule has 0 bridgehead atoms. The maximum atomic E-state index is 5.53. The molecule has 0 aliphatic rings. The Bertz CT molecular complexity index is 680. The van der Waals surface area contributed by atoms with Gasteiger partial charge >= 0.3 is 12.0 Å². The van der Waals surface area contributed by atoms with E-state index in [9.17, 15) is 0 Å². The van der Waals surface area contributed by atoms with Crippen molar-refractivity contribution >= 4 is 23.1 Å². The first-order valence-corrected chi connectivity index (χ1v) is 5.90. The molecule has 0 unspecified atom stereocenters. The maximum absolute atomic E-state index is 5.53. The smallest absolute Gasteiger partial charge is 0.323 e. The lowest BCUT2D eigenvalue weighted by Gasteiger charge is -2.03. The number of oxazole rings is 1. The second-order valence-electron chi connectivity index (χ2n) is 3.86. The van der Waals surface area contributed by atoms with Crippen LogP contribution in [0.25, 0.3) is 11.1 Å². The van der Waals surface area contributed by atoms with Crippen molar-refractivity contribution < 1.29 is 18.3 Å². The van der Waals surface area contributed by atoms with Crippen LogP contribution < -0.4 is 10.1 Å². The molecule has 0 aliphatic carbocycles. The van der Waals surface area contributed by atoms with Crippen LogP contribution in [-0.4, -0.2) is 35.5 Å². The third kappa shape index (κ3) is 2.69. The Morgan fingerprint density at radius 3 is 3.00 bits per heavy atom. The summed E-state index contributed by atoms with van der Waals surface area (Å²) in [6, 6.07) is 5.87. The molecule has 1 aromatic carbocycles. The number of rotatable bonds is 6. The van der Waals surface area contributed by atoms with Gasteiger partial charge in [0.1, 0.15) is 17.9 Å². The first-order chi connectivity index (χ1) is 9.85. The van der Waals surface area contributed by atoms with E-state index in [0.29, 0.717) is 30.1 Å². The lowest BCUT2D eigenvalue weighted by molar-refractivity contribution is 0.146. The minimum absolute atomic E-state index is 0.216. The van der Waals surface area contributed by atoms with Crippen molar-refractivity contribution in [2.45, 2.75) is 0 Å². The van der Waals surface area contributed by atoms with Gasteiger partial charge in [-0.2, -0.15) is 4.98 Å². The molecule has 20 heavy (non-hydrogen) atoms. The van der Waals surface area contributed by atoms with E-state index < -0.39 is 0 Å². The zero-order chi connectivity index (χ0) is 13.8. The molecule has 0 fully saturated rings. The van der Waals surface area contributed by atoms with E-state index in [-0.39, 0.29) is 12.0 Å². The number of anilines is 2. The molecule has 0 saturated heterocycles. The van der Waals surface area contributed by atoms with Gasteiger partial charge in [0.25, 0.3) is 0 Å². The van der Waals surface area contributed by atoms with E-state index in [1.165, 1.54) is 6.39 Å². The summed E-state index contributed by atoms with van der Waals surface area (Å²) in [5.74, 6) is 0.690. The summed E-state index contributed by atoms with van der Waals surface area (Å²) in [5, 5.41) is 10.00. The second kappa shape index (κ2) is 5.57. The molecule has 2 aromatic heterocycles. The molecular weight excluding hydrogens is 264 g/mol. The number of fused-ring (bicyclic) bond motifs is 1. The largest absolute Gasteiger partial charge is 0.491 e. The monoisotopic (exact) mass is 276 g/mol. The zero-order valence-corrected chi connectivity index (χ0v) is 10.7. The molecule has 8 nitrogen and oxygen atoms in total. The van der Waals surface area contributed by atoms with E-state index in [0.717, 1.165) is 0 Å². The first-order valence-electron chi connectivity index (χ1n) is 5.90. The average Bonchev–Trinajstić information content (AvgIpc) is 3.08. The molecule has 3 aromatic rings. The van der Waals surface area contributed by atoms with Crippen LogP contribution in [0.2, 0.25) is 0 Å². The lowest BCUT2D eigenvalue weighted by atomic mass is 10.3. The molecule has 0 aliphatic heterocycles. The summed E-state index contributed by atoms with van der Waals surface area (Å²) in [4.78, 5) is 4.24. The molecular formula is C12H12N4O4. The highest BCUT2D eigenvalue weighted by Crippen LogP contribution is 2.25. The molecule has 1 N–H and O–H groups in total. The third-order valence-electron chi connectivity index (χ3n) is 2.49. The Morgan fingerprint density at radius 1 is 1.25 bits per heavy atom. The fourth-order valence-corrected chi connectivity index (χ4v) is 1.61. The van der Waals surface area contributed by atoms with E-state index in [4.69, 9.17) is 18.3 Å². The van der Waals surface area contributed by atoms with Gasteiger partial charge in [0, 0.05) is 13.2 Å². The normalized spacial score (nSPS) is 10.8. The highest BCUT2D eigenvalue weighted by molar-refractivity contribution is 5.76. The zero-order valence-electron chi connectivity index (χ0n) is 10.7. The molecule has 8 heteroatoms. The van der Waals surface area contributed by atoms with Crippen molar-refractivity contribution in [3.05, 3.63) is 24.6 Å². The van der Waals surface area contributed by atoms with Crippen molar-refractivity contribution in [1.29, 1.82) is 0 Å². The Labute approximate surface area is 113 Å². The summed E-state index contributed by atoms with van der Waals surface area (Å²) >= 11 is 0. The van der Waals surface area contributed by atoms with Crippen LogP contribution in [0.15, 0.2) is 33.4 Å². The fraction of sp³-hybridized carbons (Fsp3) is 0.250. The van der Waals surface area contributed by atoms with Crippen molar-refractivity contribution in [2.75, 3.05) is 25.6 Å². The third-order valence-corrected chi connectivity index (χ3v) is 2.49. The van der Waals surface area contributed by atoms with Crippen molar-refractivity contribution in [2.24, 2.45) is 0 Å². The molecule has 0 spiro atoms. The van der Waals surface area contributed by atoms with Crippen molar-refractivity contribution in [1.82, 2.24) is 15.2 Å². The summed E-state index contributed by atoms with van der Waals surface area (Å²) in [5.41, 5.74) is 1.30. The predicted octanol–water partition coefficient (Wildman–Crippen LogP) is 1.98. The van der Waals surface area contributed by atoms with Crippen LogP contribution in [0.3, 0.4) is 0 Å². The Hall–Kier alpha value is -2.61. The van der Waals surface area contributed by atoms with Crippen LogP contribution in [0, 0.1) is 0 Å².